The summed E-state index contributed by atoms with van der Waals surface area (Å²) in [7, 11) is 6.00. The lowest BCUT2D eigenvalue weighted by atomic mass is 9.75. The van der Waals surface area contributed by atoms with Crippen LogP contribution in [0.3, 0.4) is 0 Å². The van der Waals surface area contributed by atoms with Crippen LogP contribution in [0.15, 0.2) is 12.1 Å². The highest BCUT2D eigenvalue weighted by atomic mass is 16.7. The van der Waals surface area contributed by atoms with Crippen LogP contribution in [-0.2, 0) is 30.0 Å². The van der Waals surface area contributed by atoms with Gasteiger partial charge in [-0.25, -0.2) is 0 Å². The van der Waals surface area contributed by atoms with Gasteiger partial charge in [0.05, 0.1) is 6.10 Å². The van der Waals surface area contributed by atoms with Gasteiger partial charge >= 0.3 is 5.97 Å². The number of esters is 1. The highest BCUT2D eigenvalue weighted by Crippen LogP contribution is 2.46. The first kappa shape index (κ1) is 42.7. The van der Waals surface area contributed by atoms with Crippen molar-refractivity contribution in [2.24, 2.45) is 11.7 Å². The fraction of sp³-hybridized carbons (Fsp3) is 0.833. The number of hydrogen-bond donors (Lipinski definition) is 2. The topological polar surface area (TPSA) is 97.5 Å². The number of aromatic hydroxyl groups is 1. The Morgan fingerprint density at radius 3 is 1.70 bits per heavy atom. The van der Waals surface area contributed by atoms with E-state index >= 15 is 0 Å². The largest absolute Gasteiger partial charge is 0.507 e. The zero-order valence-corrected chi connectivity index (χ0v) is 35.0. The molecule has 0 aliphatic carbocycles. The van der Waals surface area contributed by atoms with Gasteiger partial charge in [-0.1, -0.05) is 46.6 Å². The zero-order valence-electron chi connectivity index (χ0n) is 35.0. The molecule has 0 bridgehead atoms. The van der Waals surface area contributed by atoms with Crippen LogP contribution >= 0.6 is 0 Å². The number of phenolic OH excluding ortho intramolecular Hbond substituents is 1. The van der Waals surface area contributed by atoms with Crippen molar-refractivity contribution in [1.29, 1.82) is 0 Å². The Balaban J connectivity index is 2.22. The Bertz CT molecular complexity index is 1250. The molecule has 1 aromatic rings. The first-order valence-corrected chi connectivity index (χ1v) is 19.1. The van der Waals surface area contributed by atoms with Crippen LogP contribution < -0.4 is 5.73 Å². The van der Waals surface area contributed by atoms with E-state index in [4.69, 9.17) is 19.9 Å². The summed E-state index contributed by atoms with van der Waals surface area (Å²) in [4.78, 5) is 19.8. The van der Waals surface area contributed by atoms with Crippen molar-refractivity contribution in [3.05, 3.63) is 28.8 Å². The summed E-state index contributed by atoms with van der Waals surface area (Å²) in [6.07, 6.45) is 4.48. The minimum atomic E-state index is -0.835. The first-order chi connectivity index (χ1) is 22.6. The van der Waals surface area contributed by atoms with Crippen LogP contribution in [0.5, 0.6) is 5.75 Å². The van der Waals surface area contributed by atoms with E-state index in [2.05, 4.69) is 113 Å². The number of carbonyl (C=O) groups is 1. The molecule has 1 aromatic carbocycles. The molecule has 3 N–H and O–H groups in total. The molecule has 2 saturated heterocycles. The fourth-order valence-corrected chi connectivity index (χ4v) is 8.83. The molecule has 3 atom stereocenters. The third-order valence-corrected chi connectivity index (χ3v) is 12.3. The van der Waals surface area contributed by atoms with Gasteiger partial charge in [-0.2, -0.15) is 0 Å². The summed E-state index contributed by atoms with van der Waals surface area (Å²) in [5.41, 5.74) is 7.49. The third-order valence-electron chi connectivity index (χ3n) is 12.3. The number of ether oxygens (including phenoxy) is 3. The molecule has 50 heavy (non-hydrogen) atoms. The molecule has 2 heterocycles. The lowest BCUT2D eigenvalue weighted by Crippen LogP contribution is -2.61. The second-order valence-electron chi connectivity index (χ2n) is 19.8. The molecule has 0 saturated carbocycles. The molecule has 8 heteroatoms. The van der Waals surface area contributed by atoms with Crippen LogP contribution in [-0.4, -0.2) is 82.7 Å². The number of nitrogens with two attached hydrogens (primary N) is 1. The van der Waals surface area contributed by atoms with E-state index in [0.29, 0.717) is 5.56 Å². The summed E-state index contributed by atoms with van der Waals surface area (Å²) in [6.45, 7) is 30.2. The van der Waals surface area contributed by atoms with E-state index in [1.54, 1.807) is 7.11 Å². The molecule has 0 spiro atoms. The van der Waals surface area contributed by atoms with Gasteiger partial charge in [0.25, 0.3) is 0 Å². The van der Waals surface area contributed by atoms with Crippen molar-refractivity contribution >= 4 is 5.97 Å². The molecule has 3 unspecified atom stereocenters. The molecule has 0 radical (unpaired) electrons. The molecular formula is C42H75N3O5. The summed E-state index contributed by atoms with van der Waals surface area (Å²) in [6, 6.07) is 4.10. The van der Waals surface area contributed by atoms with E-state index in [-0.39, 0.29) is 57.4 Å². The van der Waals surface area contributed by atoms with Gasteiger partial charge in [0.2, 0.25) is 0 Å². The van der Waals surface area contributed by atoms with Crippen molar-refractivity contribution in [2.45, 2.75) is 199 Å². The normalized spacial score (nSPS) is 23.7. The maximum Gasteiger partial charge on any atom is 0.315 e. The maximum atomic E-state index is 15.0. The number of nitrogens with zero attached hydrogens (tertiary/aromatic N) is 2. The standard InChI is InChI=1S/C42H75N3O5/c1-18-19-20-30(27-21-31(37(2,3)4)34(46)32(22-27)42(13,14)43)33(35(47)49-28-23-38(5,6)44(15)39(7,8)24-28)36(48-17)50-29-25-40(9,10)45(16)41(11,12)26-29/h21-22,28-30,33,36,46H,18-20,23-26,43H2,1-17H3. The smallest absolute Gasteiger partial charge is 0.315 e. The van der Waals surface area contributed by atoms with E-state index in [9.17, 15) is 9.90 Å². The lowest BCUT2D eigenvalue weighted by Gasteiger charge is -2.54. The maximum absolute atomic E-state index is 15.0. The van der Waals surface area contributed by atoms with Gasteiger partial charge in [-0.15, -0.1) is 0 Å². The van der Waals surface area contributed by atoms with Crippen LogP contribution in [0.25, 0.3) is 0 Å². The Morgan fingerprint density at radius 1 is 0.860 bits per heavy atom. The predicted molar refractivity (Wildman–Crippen MR) is 206 cm³/mol. The Hall–Kier alpha value is -1.71. The van der Waals surface area contributed by atoms with Gasteiger partial charge in [0, 0.05) is 59.1 Å². The van der Waals surface area contributed by atoms with Crippen LogP contribution in [0.4, 0.5) is 0 Å². The van der Waals surface area contributed by atoms with Crippen molar-refractivity contribution in [3.8, 4) is 5.75 Å². The second kappa shape index (κ2) is 15.0. The Kier molecular flexibility index (Phi) is 12.8. The Labute approximate surface area is 306 Å². The predicted octanol–water partition coefficient (Wildman–Crippen LogP) is 8.61. The van der Waals surface area contributed by atoms with Gasteiger partial charge in [-0.05, 0) is 125 Å². The molecule has 288 valence electrons. The number of hydrogen-bond acceptors (Lipinski definition) is 8. The molecule has 8 nitrogen and oxygen atoms in total. The minimum Gasteiger partial charge on any atom is -0.507 e. The third kappa shape index (κ3) is 9.44. The number of piperidine rings is 2. The fourth-order valence-electron chi connectivity index (χ4n) is 8.83. The SMILES string of the molecule is CCCCC(c1cc(C(C)(C)C)c(O)c(C(C)(C)N)c1)C(C(=O)OC1CC(C)(C)N(C)C(C)(C)C1)C(OC)OC1CC(C)(C)N(C)C(C)(C)C1. The molecule has 0 amide bonds. The number of unbranched alkanes of at least 4 members (excludes halogenated alkanes) is 1. The van der Waals surface area contributed by atoms with Crippen LogP contribution in [0, 0.1) is 5.92 Å². The quantitative estimate of drug-likeness (QED) is 0.165. The molecular weight excluding hydrogens is 626 g/mol. The second-order valence-corrected chi connectivity index (χ2v) is 19.8. The number of benzene rings is 1. The number of phenols is 1. The van der Waals surface area contributed by atoms with Gasteiger partial charge < -0.3 is 25.1 Å². The number of carbonyl (C=O) groups excluding carboxylic acids is 1. The van der Waals surface area contributed by atoms with Crippen molar-refractivity contribution in [2.75, 3.05) is 21.2 Å². The van der Waals surface area contributed by atoms with Gasteiger partial charge in [0.15, 0.2) is 6.29 Å². The minimum absolute atomic E-state index is 0.103. The van der Waals surface area contributed by atoms with E-state index in [0.717, 1.165) is 56.1 Å². The molecule has 2 aliphatic rings. The van der Waals surface area contributed by atoms with Gasteiger partial charge in [-0.3, -0.25) is 14.6 Å². The summed E-state index contributed by atoms with van der Waals surface area (Å²) >= 11 is 0. The average molecular weight is 702 g/mol. The summed E-state index contributed by atoms with van der Waals surface area (Å²) < 4.78 is 19.9. The van der Waals surface area contributed by atoms with E-state index < -0.39 is 17.7 Å². The number of rotatable bonds is 12. The van der Waals surface area contributed by atoms with E-state index in [1.165, 1.54) is 0 Å². The van der Waals surface area contributed by atoms with Gasteiger partial charge in [0.1, 0.15) is 17.8 Å². The highest BCUT2D eigenvalue weighted by molar-refractivity contribution is 5.75. The monoisotopic (exact) mass is 702 g/mol. The average Bonchev–Trinajstić information content (AvgIpc) is 2.94. The first-order valence-electron chi connectivity index (χ1n) is 19.1. The molecule has 2 aliphatic heterocycles. The zero-order chi connectivity index (χ0) is 38.4. The molecule has 2 fully saturated rings. The molecule has 0 aromatic heterocycles. The highest BCUT2D eigenvalue weighted by Gasteiger charge is 2.49. The Morgan fingerprint density at radius 2 is 1.30 bits per heavy atom. The number of likely N-dealkylation sites (tertiary alicyclic amines) is 2. The van der Waals surface area contributed by atoms with Crippen molar-refractivity contribution in [3.63, 3.8) is 0 Å². The van der Waals surface area contributed by atoms with Crippen LogP contribution in [0.2, 0.25) is 0 Å². The van der Waals surface area contributed by atoms with E-state index in [1.807, 2.05) is 19.9 Å². The summed E-state index contributed by atoms with van der Waals surface area (Å²) in [5, 5.41) is 11.6. The van der Waals surface area contributed by atoms with Crippen molar-refractivity contribution < 1.29 is 24.1 Å². The number of methoxy groups -OCH3 is 1. The molecule has 3 rings (SSSR count). The van der Waals surface area contributed by atoms with Crippen molar-refractivity contribution in [1.82, 2.24) is 9.80 Å². The summed E-state index contributed by atoms with van der Waals surface area (Å²) in [5.74, 6) is -1.11. The lowest BCUT2D eigenvalue weighted by molar-refractivity contribution is -0.224. The van der Waals surface area contributed by atoms with Crippen LogP contribution in [0.1, 0.15) is 164 Å².